The summed E-state index contributed by atoms with van der Waals surface area (Å²) < 4.78 is 0. The Hall–Kier alpha value is -1.59. The van der Waals surface area contributed by atoms with Crippen LogP contribution in [0, 0.1) is 0 Å². The molecule has 2 N–H and O–H groups in total. The molecule has 0 spiro atoms. The van der Waals surface area contributed by atoms with Crippen molar-refractivity contribution in [2.24, 2.45) is 0 Å². The van der Waals surface area contributed by atoms with Gasteiger partial charge in [-0.15, -0.1) is 0 Å². The Balaban J connectivity index is 1.69. The van der Waals surface area contributed by atoms with Crippen LogP contribution < -0.4 is 0 Å². The van der Waals surface area contributed by atoms with E-state index >= 15 is 0 Å². The quantitative estimate of drug-likeness (QED) is 0.897. The van der Waals surface area contributed by atoms with Gasteiger partial charge in [0.1, 0.15) is 0 Å². The van der Waals surface area contributed by atoms with Gasteiger partial charge in [0.15, 0.2) is 0 Å². The highest BCUT2D eigenvalue weighted by atomic mass is 16.4. The van der Waals surface area contributed by atoms with Crippen molar-refractivity contribution in [2.75, 3.05) is 19.6 Å². The minimum atomic E-state index is -0.817. The van der Waals surface area contributed by atoms with Crippen LogP contribution in [-0.4, -0.2) is 63.9 Å². The Morgan fingerprint density at radius 2 is 1.96 bits per heavy atom. The molecule has 3 rings (SSSR count). The Kier molecular flexibility index (Phi) is 5.18. The molecular formula is C18H26N2O3. The smallest absolute Gasteiger partial charge is 0.407 e. The van der Waals surface area contributed by atoms with Crippen molar-refractivity contribution in [2.45, 2.75) is 50.3 Å². The van der Waals surface area contributed by atoms with E-state index in [9.17, 15) is 15.0 Å². The molecule has 0 aliphatic carbocycles. The summed E-state index contributed by atoms with van der Waals surface area (Å²) in [5.74, 6) is 0. The lowest BCUT2D eigenvalue weighted by molar-refractivity contribution is 0.0123. The summed E-state index contributed by atoms with van der Waals surface area (Å²) in [4.78, 5) is 15.5. The van der Waals surface area contributed by atoms with Crippen molar-refractivity contribution in [3.05, 3.63) is 35.9 Å². The standard InChI is InChI=1S/C18H26N2O3/c21-17-7-4-9-19(13-17)15-8-10-20(18(22)23)16(12-15)11-14-5-2-1-3-6-14/h1-3,5-6,15-17,21H,4,7-13H2,(H,22,23)/t15?,16?,17-/m1/s1. The largest absolute Gasteiger partial charge is 0.465 e. The summed E-state index contributed by atoms with van der Waals surface area (Å²) in [6.45, 7) is 2.34. The molecule has 5 heteroatoms. The monoisotopic (exact) mass is 318 g/mol. The Labute approximate surface area is 137 Å². The molecule has 2 aliphatic rings. The maximum Gasteiger partial charge on any atom is 0.407 e. The first-order valence-corrected chi connectivity index (χ1v) is 8.59. The highest BCUT2D eigenvalue weighted by Gasteiger charge is 2.35. The molecule has 1 amide bonds. The molecule has 0 bridgehead atoms. The molecule has 2 saturated heterocycles. The van der Waals surface area contributed by atoms with Crippen molar-refractivity contribution in [1.82, 2.24) is 9.80 Å². The molecule has 1 aromatic carbocycles. The van der Waals surface area contributed by atoms with E-state index in [4.69, 9.17) is 0 Å². The number of carboxylic acid groups (broad SMARTS) is 1. The van der Waals surface area contributed by atoms with Gasteiger partial charge in [-0.1, -0.05) is 30.3 Å². The number of hydrogen-bond acceptors (Lipinski definition) is 3. The predicted molar refractivity (Wildman–Crippen MR) is 88.5 cm³/mol. The van der Waals surface area contributed by atoms with E-state index in [1.165, 1.54) is 5.56 Å². The van der Waals surface area contributed by atoms with Crippen LogP contribution in [-0.2, 0) is 6.42 Å². The number of aliphatic hydroxyl groups excluding tert-OH is 1. The topological polar surface area (TPSA) is 64.0 Å². The summed E-state index contributed by atoms with van der Waals surface area (Å²) >= 11 is 0. The number of likely N-dealkylation sites (tertiary alicyclic amines) is 2. The van der Waals surface area contributed by atoms with E-state index in [1.807, 2.05) is 18.2 Å². The van der Waals surface area contributed by atoms with Gasteiger partial charge in [0.2, 0.25) is 0 Å². The summed E-state index contributed by atoms with van der Waals surface area (Å²) in [5.41, 5.74) is 1.18. The van der Waals surface area contributed by atoms with Crippen LogP contribution in [0.1, 0.15) is 31.2 Å². The maximum absolute atomic E-state index is 11.6. The number of benzene rings is 1. The van der Waals surface area contributed by atoms with Crippen molar-refractivity contribution >= 4 is 6.09 Å². The van der Waals surface area contributed by atoms with Crippen LogP contribution in [0.5, 0.6) is 0 Å². The SMILES string of the molecule is O=C(O)N1CCC(N2CCC[C@@H](O)C2)CC1Cc1ccccc1. The Morgan fingerprint density at radius 1 is 1.17 bits per heavy atom. The maximum atomic E-state index is 11.6. The lowest BCUT2D eigenvalue weighted by Crippen LogP contribution is -2.54. The number of aliphatic hydroxyl groups is 1. The van der Waals surface area contributed by atoms with E-state index in [0.717, 1.165) is 45.2 Å². The van der Waals surface area contributed by atoms with Crippen molar-refractivity contribution in [3.63, 3.8) is 0 Å². The first-order valence-electron chi connectivity index (χ1n) is 8.59. The van der Waals surface area contributed by atoms with Crippen LogP contribution in [0.2, 0.25) is 0 Å². The van der Waals surface area contributed by atoms with Gasteiger partial charge in [0, 0.05) is 25.2 Å². The van der Waals surface area contributed by atoms with Gasteiger partial charge in [-0.25, -0.2) is 4.79 Å². The lowest BCUT2D eigenvalue weighted by Gasteiger charge is -2.44. The average molecular weight is 318 g/mol. The van der Waals surface area contributed by atoms with Gasteiger partial charge >= 0.3 is 6.09 Å². The normalized spacial score (nSPS) is 29.4. The number of rotatable bonds is 3. The second-order valence-corrected chi connectivity index (χ2v) is 6.79. The molecule has 2 aliphatic heterocycles. The van der Waals surface area contributed by atoms with Crippen LogP contribution in [0.25, 0.3) is 0 Å². The molecule has 3 atom stereocenters. The van der Waals surface area contributed by atoms with Gasteiger partial charge in [0.05, 0.1) is 6.10 Å². The number of β-amino-alcohol motifs (C(OH)–C–C–N with tert-alkyl or cyclic N) is 1. The highest BCUT2D eigenvalue weighted by Crippen LogP contribution is 2.27. The fraction of sp³-hybridized carbons (Fsp3) is 0.611. The number of amides is 1. The summed E-state index contributed by atoms with van der Waals surface area (Å²) in [6.07, 6.45) is 3.36. The molecule has 2 heterocycles. The molecule has 2 unspecified atom stereocenters. The fourth-order valence-electron chi connectivity index (χ4n) is 4.01. The molecule has 126 valence electrons. The van der Waals surface area contributed by atoms with E-state index in [2.05, 4.69) is 17.0 Å². The van der Waals surface area contributed by atoms with Crippen LogP contribution in [0.4, 0.5) is 4.79 Å². The predicted octanol–water partition coefficient (Wildman–Crippen LogP) is 2.20. The molecule has 2 fully saturated rings. The fourth-order valence-corrected chi connectivity index (χ4v) is 4.01. The van der Waals surface area contributed by atoms with Gasteiger partial charge in [0.25, 0.3) is 0 Å². The molecule has 1 aromatic rings. The van der Waals surface area contributed by atoms with E-state index < -0.39 is 6.09 Å². The number of nitrogens with zero attached hydrogens (tertiary/aromatic N) is 2. The van der Waals surface area contributed by atoms with Gasteiger partial charge in [-0.05, 0) is 44.2 Å². The van der Waals surface area contributed by atoms with Crippen LogP contribution >= 0.6 is 0 Å². The zero-order chi connectivity index (χ0) is 16.2. The van der Waals surface area contributed by atoms with Crippen molar-refractivity contribution in [1.29, 1.82) is 0 Å². The second-order valence-electron chi connectivity index (χ2n) is 6.79. The summed E-state index contributed by atoms with van der Waals surface area (Å²) in [7, 11) is 0. The zero-order valence-corrected chi connectivity index (χ0v) is 13.5. The van der Waals surface area contributed by atoms with E-state index in [1.54, 1.807) is 4.90 Å². The molecular weight excluding hydrogens is 292 g/mol. The third kappa shape index (κ3) is 4.03. The third-order valence-corrected chi connectivity index (χ3v) is 5.19. The minimum Gasteiger partial charge on any atom is -0.465 e. The molecule has 5 nitrogen and oxygen atoms in total. The van der Waals surface area contributed by atoms with Crippen LogP contribution in [0.15, 0.2) is 30.3 Å². The first kappa shape index (κ1) is 16.3. The molecule has 0 radical (unpaired) electrons. The van der Waals surface area contributed by atoms with Gasteiger partial charge < -0.3 is 15.1 Å². The van der Waals surface area contributed by atoms with Crippen molar-refractivity contribution in [3.8, 4) is 0 Å². The number of piperidine rings is 2. The Morgan fingerprint density at radius 3 is 2.65 bits per heavy atom. The second kappa shape index (κ2) is 7.32. The highest BCUT2D eigenvalue weighted by molar-refractivity contribution is 5.65. The first-order chi connectivity index (χ1) is 11.1. The van der Waals surface area contributed by atoms with Crippen molar-refractivity contribution < 1.29 is 15.0 Å². The number of carbonyl (C=O) groups is 1. The molecule has 23 heavy (non-hydrogen) atoms. The van der Waals surface area contributed by atoms with E-state index in [-0.39, 0.29) is 12.1 Å². The summed E-state index contributed by atoms with van der Waals surface area (Å²) in [6, 6.07) is 10.5. The van der Waals surface area contributed by atoms with Gasteiger partial charge in [-0.3, -0.25) is 4.90 Å². The zero-order valence-electron chi connectivity index (χ0n) is 13.5. The average Bonchev–Trinajstić information content (AvgIpc) is 2.55. The molecule has 0 aromatic heterocycles. The third-order valence-electron chi connectivity index (χ3n) is 5.19. The van der Waals surface area contributed by atoms with Gasteiger partial charge in [-0.2, -0.15) is 0 Å². The number of hydrogen-bond donors (Lipinski definition) is 2. The van der Waals surface area contributed by atoms with E-state index in [0.29, 0.717) is 12.6 Å². The minimum absolute atomic E-state index is 0.0210. The Bertz CT molecular complexity index is 522. The van der Waals surface area contributed by atoms with Crippen LogP contribution in [0.3, 0.4) is 0 Å². The molecule has 0 saturated carbocycles. The summed E-state index contributed by atoms with van der Waals surface area (Å²) in [5, 5.41) is 19.4. The lowest BCUT2D eigenvalue weighted by atomic mass is 9.90.